The van der Waals surface area contributed by atoms with Crippen molar-refractivity contribution in [2.75, 3.05) is 96.5 Å². The van der Waals surface area contributed by atoms with Crippen LogP contribution in [-0.2, 0) is 31.9 Å². The Hall–Kier alpha value is -4.92. The number of nitrogens with zero attached hydrogens (tertiary/aromatic N) is 5. The summed E-state index contributed by atoms with van der Waals surface area (Å²) in [5.74, 6) is 0.825. The molecule has 1 atom stereocenters. The van der Waals surface area contributed by atoms with Crippen LogP contribution in [0.4, 0.5) is 11.6 Å². The Labute approximate surface area is 350 Å². The van der Waals surface area contributed by atoms with Gasteiger partial charge in [-0.05, 0) is 80.5 Å². The summed E-state index contributed by atoms with van der Waals surface area (Å²) in [5, 5.41) is 27.1. The fourth-order valence-corrected chi connectivity index (χ4v) is 7.31. The van der Waals surface area contributed by atoms with E-state index >= 15 is 0 Å². The van der Waals surface area contributed by atoms with Crippen LogP contribution in [0.2, 0.25) is 0 Å². The topological polar surface area (TPSA) is 153 Å². The highest BCUT2D eigenvalue weighted by molar-refractivity contribution is 5.81. The summed E-state index contributed by atoms with van der Waals surface area (Å²) >= 11 is 0. The molecule has 3 heterocycles. The SMILES string of the molecule is C=C/C=C\C.CNc1c(O)ccc(C(O)CNCCN(C)C(=O)CCOCCc2cccc(CCN3CCC4(CC3)CN(c3nccc(C)n3)CCO4)c2)c1/C=C\C=O. The van der Waals surface area contributed by atoms with Gasteiger partial charge in [0, 0.05) is 77.4 Å². The molecule has 2 aliphatic rings. The first-order valence-electron chi connectivity index (χ1n) is 20.7. The molecule has 13 heteroatoms. The van der Waals surface area contributed by atoms with E-state index in [9.17, 15) is 19.8 Å². The number of nitrogens with one attached hydrogen (secondary N) is 2. The van der Waals surface area contributed by atoms with Gasteiger partial charge in [0.15, 0.2) is 0 Å². The highest BCUT2D eigenvalue weighted by Crippen LogP contribution is 2.34. The van der Waals surface area contributed by atoms with Crippen molar-refractivity contribution in [3.63, 3.8) is 0 Å². The number of aliphatic hydroxyl groups is 1. The lowest BCUT2D eigenvalue weighted by Crippen LogP contribution is -2.57. The van der Waals surface area contributed by atoms with Gasteiger partial charge in [0.25, 0.3) is 0 Å². The molecule has 0 aliphatic carbocycles. The maximum Gasteiger partial charge on any atom is 0.225 e. The van der Waals surface area contributed by atoms with E-state index < -0.39 is 6.10 Å². The number of hydrogen-bond acceptors (Lipinski definition) is 12. The second-order valence-electron chi connectivity index (χ2n) is 15.0. The first-order valence-corrected chi connectivity index (χ1v) is 20.7. The van der Waals surface area contributed by atoms with Crippen molar-refractivity contribution in [3.05, 3.63) is 107 Å². The van der Waals surface area contributed by atoms with Gasteiger partial charge in [-0.1, -0.05) is 55.1 Å². The Morgan fingerprint density at radius 1 is 1.12 bits per heavy atom. The number of phenolic OH excluding ortho intramolecular Hbond substituents is 1. The molecule has 0 saturated carbocycles. The minimum absolute atomic E-state index is 0.00543. The quantitative estimate of drug-likeness (QED) is 0.0394. The number of likely N-dealkylation sites (N-methyl/N-ethyl adjacent to an activating group) is 1. The van der Waals surface area contributed by atoms with E-state index in [2.05, 4.69) is 61.2 Å². The molecule has 1 amide bonds. The van der Waals surface area contributed by atoms with Crippen molar-refractivity contribution in [2.24, 2.45) is 0 Å². The molecular formula is C46H65N7O6. The van der Waals surface area contributed by atoms with Crippen molar-refractivity contribution in [1.29, 1.82) is 0 Å². The molecule has 1 spiro atoms. The summed E-state index contributed by atoms with van der Waals surface area (Å²) in [6.07, 6.45) is 14.1. The molecule has 320 valence electrons. The molecule has 2 aromatic carbocycles. The predicted octanol–water partition coefficient (Wildman–Crippen LogP) is 5.14. The number of aromatic nitrogens is 2. The number of carbonyl (C=O) groups is 2. The number of piperidine rings is 1. The number of carbonyl (C=O) groups excluding carboxylic acids is 2. The Balaban J connectivity index is 0.00000145. The highest BCUT2D eigenvalue weighted by Gasteiger charge is 2.40. The Kier molecular flexibility index (Phi) is 19.7. The van der Waals surface area contributed by atoms with Gasteiger partial charge >= 0.3 is 0 Å². The molecule has 2 fully saturated rings. The van der Waals surface area contributed by atoms with Crippen molar-refractivity contribution < 1.29 is 29.3 Å². The van der Waals surface area contributed by atoms with E-state index in [1.807, 2.05) is 38.3 Å². The van der Waals surface area contributed by atoms with E-state index in [-0.39, 0.29) is 23.8 Å². The van der Waals surface area contributed by atoms with Crippen LogP contribution in [-0.4, -0.2) is 134 Å². The second kappa shape index (κ2) is 24.9. The summed E-state index contributed by atoms with van der Waals surface area (Å²) in [6, 6.07) is 13.8. The number of allylic oxidation sites excluding steroid dienone is 4. The third-order valence-corrected chi connectivity index (χ3v) is 10.7. The largest absolute Gasteiger partial charge is 0.506 e. The molecular weight excluding hydrogens is 747 g/mol. The third-order valence-electron chi connectivity index (χ3n) is 10.7. The normalized spacial score (nSPS) is 15.8. The van der Waals surface area contributed by atoms with Crippen molar-refractivity contribution in [1.82, 2.24) is 25.1 Å². The monoisotopic (exact) mass is 811 g/mol. The van der Waals surface area contributed by atoms with Crippen LogP contribution >= 0.6 is 0 Å². The average molecular weight is 812 g/mol. The third kappa shape index (κ3) is 15.0. The van der Waals surface area contributed by atoms with Crippen LogP contribution in [0, 0.1) is 6.92 Å². The molecule has 1 aromatic heterocycles. The van der Waals surface area contributed by atoms with Gasteiger partial charge in [-0.25, -0.2) is 9.97 Å². The zero-order valence-electron chi connectivity index (χ0n) is 35.4. The van der Waals surface area contributed by atoms with Gasteiger partial charge in [0.2, 0.25) is 11.9 Å². The molecule has 2 aliphatic heterocycles. The number of hydrogen-bond donors (Lipinski definition) is 4. The second-order valence-corrected chi connectivity index (χ2v) is 15.0. The van der Waals surface area contributed by atoms with E-state index in [1.165, 1.54) is 23.3 Å². The molecule has 1 unspecified atom stereocenters. The van der Waals surface area contributed by atoms with Crippen LogP contribution in [0.1, 0.15) is 60.2 Å². The molecule has 2 saturated heterocycles. The van der Waals surface area contributed by atoms with Crippen LogP contribution in [0.5, 0.6) is 5.75 Å². The predicted molar refractivity (Wildman–Crippen MR) is 236 cm³/mol. The van der Waals surface area contributed by atoms with Gasteiger partial charge in [-0.15, -0.1) is 0 Å². The van der Waals surface area contributed by atoms with Crippen LogP contribution in [0.15, 0.2) is 79.5 Å². The van der Waals surface area contributed by atoms with Crippen LogP contribution in [0.3, 0.4) is 0 Å². The molecule has 0 radical (unpaired) electrons. The molecule has 13 nitrogen and oxygen atoms in total. The van der Waals surface area contributed by atoms with Gasteiger partial charge in [0.1, 0.15) is 12.0 Å². The summed E-state index contributed by atoms with van der Waals surface area (Å²) in [5.41, 5.74) is 4.96. The average Bonchev–Trinajstić information content (AvgIpc) is 3.24. The first-order chi connectivity index (χ1) is 28.6. The zero-order valence-corrected chi connectivity index (χ0v) is 35.4. The first kappa shape index (κ1) is 46.8. The number of rotatable bonds is 20. The lowest BCUT2D eigenvalue weighted by Gasteiger charge is -2.47. The fourth-order valence-electron chi connectivity index (χ4n) is 7.31. The Bertz CT molecular complexity index is 1830. The van der Waals surface area contributed by atoms with Crippen LogP contribution < -0.4 is 15.5 Å². The molecule has 5 rings (SSSR count). The minimum atomic E-state index is -0.882. The van der Waals surface area contributed by atoms with E-state index in [0.717, 1.165) is 70.0 Å². The number of aldehydes is 1. The zero-order chi connectivity index (χ0) is 42.5. The smallest absolute Gasteiger partial charge is 0.225 e. The van der Waals surface area contributed by atoms with Crippen molar-refractivity contribution in [3.8, 4) is 5.75 Å². The Morgan fingerprint density at radius 2 is 1.90 bits per heavy atom. The number of phenols is 1. The number of likely N-dealkylation sites (tertiary alicyclic amines) is 1. The standard InChI is InChI=1S/C41H57N7O6.C5H8/c1-31-11-17-44-40(45-31)48-23-27-54-41(30-48)15-20-47(21-16-41)19-12-32-6-4-7-33(28-32)13-25-53-26-14-38(52)46(3)22-18-43-29-37(51)34-9-10-36(50)39(42-2)35(34)8-5-24-49;1-3-5-4-2/h4-11,17,24,28,37,42-43,50-51H,12-16,18-23,25-27,29-30H2,1-3H3;3-5H,1H2,2H3/b8-5-;5-4-. The van der Waals surface area contributed by atoms with E-state index in [0.29, 0.717) is 62.4 Å². The number of aryl methyl sites for hydroxylation is 1. The van der Waals surface area contributed by atoms with E-state index in [1.54, 1.807) is 37.2 Å². The number of aromatic hydroxyl groups is 1. The summed E-state index contributed by atoms with van der Waals surface area (Å²) < 4.78 is 12.2. The number of amides is 1. The number of aliphatic hydroxyl groups excluding tert-OH is 1. The minimum Gasteiger partial charge on any atom is -0.506 e. The van der Waals surface area contributed by atoms with Gasteiger partial charge < -0.3 is 45.0 Å². The summed E-state index contributed by atoms with van der Waals surface area (Å²) in [7, 11) is 3.42. The highest BCUT2D eigenvalue weighted by atomic mass is 16.5. The molecule has 0 bridgehead atoms. The molecule has 59 heavy (non-hydrogen) atoms. The molecule has 3 aromatic rings. The van der Waals surface area contributed by atoms with E-state index in [4.69, 9.17) is 9.47 Å². The fraction of sp³-hybridized carbons (Fsp3) is 0.478. The van der Waals surface area contributed by atoms with Gasteiger partial charge in [0.05, 0.1) is 50.2 Å². The van der Waals surface area contributed by atoms with Gasteiger partial charge in [-0.2, -0.15) is 0 Å². The molecule has 4 N–H and O–H groups in total. The lowest BCUT2D eigenvalue weighted by molar-refractivity contribution is -0.131. The Morgan fingerprint density at radius 3 is 2.59 bits per heavy atom. The van der Waals surface area contributed by atoms with Crippen molar-refractivity contribution in [2.45, 2.75) is 57.7 Å². The maximum atomic E-state index is 12.7. The van der Waals surface area contributed by atoms with Crippen molar-refractivity contribution >= 4 is 29.9 Å². The summed E-state index contributed by atoms with van der Waals surface area (Å²) in [4.78, 5) is 39.2. The number of ether oxygens (including phenoxy) is 2. The number of anilines is 2. The van der Waals surface area contributed by atoms with Crippen LogP contribution in [0.25, 0.3) is 6.08 Å². The number of morpholine rings is 1. The summed E-state index contributed by atoms with van der Waals surface area (Å²) in [6.45, 7) is 15.0. The van der Waals surface area contributed by atoms with Gasteiger partial charge in [-0.3, -0.25) is 9.59 Å². The lowest BCUT2D eigenvalue weighted by atomic mass is 9.89. The maximum absolute atomic E-state index is 12.7. The number of benzene rings is 2.